The molecule has 4 rings (SSSR count). The standard InChI is InChI=1S/C21H20ClNO6/c1-10-20(2,27)18(26)17(25)19(28-10)29-21-13(5-6-14(21)24)9-12-4-3-11(7-8-23)16(22)15(12)21/h3-6,9-10,14,17,19,24-25,27H,7H2,1-2H3/t10-,14+,17-,19+,20+,21+/m1/s1. The largest absolute Gasteiger partial charge is 0.385 e. The van der Waals surface area contributed by atoms with Crippen molar-refractivity contribution in [3.63, 3.8) is 0 Å². The molecule has 6 atom stereocenters. The zero-order valence-corrected chi connectivity index (χ0v) is 16.6. The highest BCUT2D eigenvalue weighted by Gasteiger charge is 2.57. The summed E-state index contributed by atoms with van der Waals surface area (Å²) >= 11 is 6.60. The predicted octanol–water partition coefficient (Wildman–Crippen LogP) is 1.37. The van der Waals surface area contributed by atoms with Gasteiger partial charge in [0.05, 0.1) is 23.6 Å². The molecule has 1 fully saturated rings. The van der Waals surface area contributed by atoms with Crippen molar-refractivity contribution >= 4 is 23.5 Å². The molecule has 29 heavy (non-hydrogen) atoms. The quantitative estimate of drug-likeness (QED) is 0.679. The molecular weight excluding hydrogens is 398 g/mol. The third kappa shape index (κ3) is 2.72. The van der Waals surface area contributed by atoms with Gasteiger partial charge in [-0.15, -0.1) is 0 Å². The molecule has 0 radical (unpaired) electrons. The van der Waals surface area contributed by atoms with E-state index in [1.165, 1.54) is 19.9 Å². The number of rotatable bonds is 3. The Hall–Kier alpha value is -2.05. The number of carbonyl (C=O) groups is 1. The SMILES string of the molecule is C[C@H]1O[C@@H](O[C@]23C(=Cc4ccc(CC#N)c(Cl)c42)C=C[C@@H]3O)[C@H](O)C(=O)[C@@]1(C)O. The van der Waals surface area contributed by atoms with Crippen LogP contribution in [0.3, 0.4) is 0 Å². The number of halogens is 1. The number of Topliss-reactive ketones (excluding diaryl/α,β-unsaturated/α-hetero) is 1. The van der Waals surface area contributed by atoms with Gasteiger partial charge in [0.25, 0.3) is 0 Å². The molecular formula is C21H20ClNO6. The van der Waals surface area contributed by atoms with Crippen LogP contribution in [0.2, 0.25) is 5.02 Å². The number of hydrogen-bond acceptors (Lipinski definition) is 7. The van der Waals surface area contributed by atoms with Crippen LogP contribution in [0.25, 0.3) is 6.08 Å². The third-order valence-electron chi connectivity index (χ3n) is 5.97. The van der Waals surface area contributed by atoms with E-state index in [4.69, 9.17) is 26.3 Å². The average molecular weight is 418 g/mol. The third-order valence-corrected chi connectivity index (χ3v) is 6.40. The van der Waals surface area contributed by atoms with Crippen molar-refractivity contribution in [1.29, 1.82) is 5.26 Å². The van der Waals surface area contributed by atoms with Gasteiger partial charge in [-0.2, -0.15) is 5.26 Å². The lowest BCUT2D eigenvalue weighted by Crippen LogP contribution is -2.63. The van der Waals surface area contributed by atoms with Crippen LogP contribution < -0.4 is 0 Å². The number of ether oxygens (including phenoxy) is 2. The highest BCUT2D eigenvalue weighted by atomic mass is 35.5. The Morgan fingerprint density at radius 2 is 2.10 bits per heavy atom. The van der Waals surface area contributed by atoms with E-state index in [0.717, 1.165) is 0 Å². The van der Waals surface area contributed by atoms with Crippen molar-refractivity contribution in [2.45, 2.75) is 56.1 Å². The zero-order valence-electron chi connectivity index (χ0n) is 15.8. The molecule has 1 aliphatic heterocycles. The minimum absolute atomic E-state index is 0.0714. The van der Waals surface area contributed by atoms with E-state index in [2.05, 4.69) is 6.07 Å². The number of fused-ring (bicyclic) bond motifs is 3. The minimum Gasteiger partial charge on any atom is -0.385 e. The average Bonchev–Trinajstić information content (AvgIpc) is 3.15. The molecule has 0 aromatic heterocycles. The summed E-state index contributed by atoms with van der Waals surface area (Å²) < 4.78 is 11.7. The van der Waals surface area contributed by atoms with Gasteiger partial charge < -0.3 is 24.8 Å². The van der Waals surface area contributed by atoms with E-state index in [0.29, 0.717) is 22.3 Å². The maximum Gasteiger partial charge on any atom is 0.200 e. The number of nitriles is 1. The van der Waals surface area contributed by atoms with Crippen molar-refractivity contribution in [1.82, 2.24) is 0 Å². The van der Waals surface area contributed by atoms with E-state index in [-0.39, 0.29) is 11.4 Å². The van der Waals surface area contributed by atoms with Gasteiger partial charge >= 0.3 is 0 Å². The fraction of sp³-hybridized carbons (Fsp3) is 0.429. The lowest BCUT2D eigenvalue weighted by atomic mass is 9.86. The number of hydrogen-bond donors (Lipinski definition) is 3. The van der Waals surface area contributed by atoms with E-state index >= 15 is 0 Å². The monoisotopic (exact) mass is 417 g/mol. The Morgan fingerprint density at radius 3 is 2.79 bits per heavy atom. The molecule has 3 aliphatic rings. The smallest absolute Gasteiger partial charge is 0.200 e. The van der Waals surface area contributed by atoms with Crippen LogP contribution in [0, 0.1) is 11.3 Å². The second kappa shape index (κ2) is 6.74. The van der Waals surface area contributed by atoms with Gasteiger partial charge in [0.1, 0.15) is 11.7 Å². The van der Waals surface area contributed by atoms with Crippen LogP contribution in [0.4, 0.5) is 0 Å². The Balaban J connectivity index is 1.79. The molecule has 0 bridgehead atoms. The second-order valence-corrected chi connectivity index (χ2v) is 8.08. The van der Waals surface area contributed by atoms with Gasteiger partial charge in [-0.05, 0) is 36.6 Å². The number of aliphatic hydroxyl groups excluding tert-OH is 2. The Kier molecular flexibility index (Phi) is 4.70. The van der Waals surface area contributed by atoms with Gasteiger partial charge in [-0.1, -0.05) is 35.9 Å². The van der Waals surface area contributed by atoms with Crippen LogP contribution in [0.1, 0.15) is 30.5 Å². The minimum atomic E-state index is -1.87. The maximum absolute atomic E-state index is 12.4. The summed E-state index contributed by atoms with van der Waals surface area (Å²) in [5.41, 5.74) is -1.05. The first-order chi connectivity index (χ1) is 13.6. The highest BCUT2D eigenvalue weighted by Crippen LogP contribution is 2.54. The maximum atomic E-state index is 12.4. The molecule has 0 saturated carbocycles. The molecule has 7 nitrogen and oxygen atoms in total. The highest BCUT2D eigenvalue weighted by molar-refractivity contribution is 6.32. The van der Waals surface area contributed by atoms with E-state index in [1.54, 1.807) is 24.3 Å². The summed E-state index contributed by atoms with van der Waals surface area (Å²) in [4.78, 5) is 12.4. The lowest BCUT2D eigenvalue weighted by molar-refractivity contribution is -0.297. The van der Waals surface area contributed by atoms with Crippen molar-refractivity contribution in [3.05, 3.63) is 51.6 Å². The molecule has 1 saturated heterocycles. The molecule has 152 valence electrons. The molecule has 0 amide bonds. The fourth-order valence-corrected chi connectivity index (χ4v) is 4.48. The fourth-order valence-electron chi connectivity index (χ4n) is 4.10. The number of nitrogens with zero attached hydrogens (tertiary/aromatic N) is 1. The van der Waals surface area contributed by atoms with Gasteiger partial charge in [-0.3, -0.25) is 4.79 Å². The molecule has 1 aromatic carbocycles. The summed E-state index contributed by atoms with van der Waals surface area (Å²) in [6.45, 7) is 2.77. The number of benzene rings is 1. The molecule has 1 heterocycles. The summed E-state index contributed by atoms with van der Waals surface area (Å²) in [6.07, 6.45) is -0.219. The van der Waals surface area contributed by atoms with Crippen LogP contribution >= 0.6 is 11.6 Å². The van der Waals surface area contributed by atoms with E-state index in [1.807, 2.05) is 0 Å². The Labute approximate surface area is 172 Å². The van der Waals surface area contributed by atoms with Crippen molar-refractivity contribution in [2.75, 3.05) is 0 Å². The molecule has 0 spiro atoms. The molecule has 0 unspecified atom stereocenters. The first kappa shape index (κ1) is 20.2. The number of aliphatic hydroxyl groups is 3. The number of carbonyl (C=O) groups excluding carboxylic acids is 1. The summed E-state index contributed by atoms with van der Waals surface area (Å²) in [5.74, 6) is -0.828. The summed E-state index contributed by atoms with van der Waals surface area (Å²) in [6, 6.07) is 5.57. The van der Waals surface area contributed by atoms with Gasteiger partial charge in [-0.25, -0.2) is 0 Å². The summed E-state index contributed by atoms with van der Waals surface area (Å²) in [7, 11) is 0. The van der Waals surface area contributed by atoms with Crippen LogP contribution in [-0.4, -0.2) is 51.3 Å². The van der Waals surface area contributed by atoms with Gasteiger partial charge in [0, 0.05) is 5.56 Å². The normalized spacial score (nSPS) is 37.8. The second-order valence-electron chi connectivity index (χ2n) is 7.70. The van der Waals surface area contributed by atoms with Crippen LogP contribution in [0.15, 0.2) is 29.9 Å². The van der Waals surface area contributed by atoms with Crippen molar-refractivity contribution in [3.8, 4) is 6.07 Å². The Bertz CT molecular complexity index is 994. The topological polar surface area (TPSA) is 120 Å². The first-order valence-electron chi connectivity index (χ1n) is 9.20. The van der Waals surface area contributed by atoms with Gasteiger partial charge in [0.2, 0.25) is 0 Å². The van der Waals surface area contributed by atoms with E-state index in [9.17, 15) is 20.1 Å². The lowest BCUT2D eigenvalue weighted by Gasteiger charge is -2.44. The number of ketones is 1. The predicted molar refractivity (Wildman–Crippen MR) is 103 cm³/mol. The molecule has 3 N–H and O–H groups in total. The zero-order chi connectivity index (χ0) is 21.1. The summed E-state index contributed by atoms with van der Waals surface area (Å²) in [5, 5.41) is 40.9. The molecule has 1 aromatic rings. The van der Waals surface area contributed by atoms with Crippen LogP contribution in [0.5, 0.6) is 0 Å². The Morgan fingerprint density at radius 1 is 1.38 bits per heavy atom. The van der Waals surface area contributed by atoms with Crippen molar-refractivity contribution < 1.29 is 29.6 Å². The first-order valence-corrected chi connectivity index (χ1v) is 9.57. The van der Waals surface area contributed by atoms with E-state index < -0.39 is 41.6 Å². The van der Waals surface area contributed by atoms with Gasteiger partial charge in [0.15, 0.2) is 23.8 Å². The van der Waals surface area contributed by atoms with Crippen molar-refractivity contribution in [2.24, 2.45) is 0 Å². The van der Waals surface area contributed by atoms with Crippen LogP contribution in [-0.2, 0) is 26.3 Å². The molecule has 2 aliphatic carbocycles. The molecule has 8 heteroatoms.